The van der Waals surface area contributed by atoms with Crippen LogP contribution in [0.1, 0.15) is 19.3 Å². The zero-order valence-electron chi connectivity index (χ0n) is 20.3. The zero-order valence-corrected chi connectivity index (χ0v) is 20.3. The van der Waals surface area contributed by atoms with E-state index in [2.05, 4.69) is 36.5 Å². The molecule has 2 aromatic carbocycles. The SMILES string of the molecule is O=C(Nc1cncc(-c2cnc3[nH]nc(-c4cc5c(-c6ccc(F)cc6)cccc5[nH]4)c3c2)c1)C1CCC1. The van der Waals surface area contributed by atoms with E-state index >= 15 is 0 Å². The maximum Gasteiger partial charge on any atom is 0.227 e. The fourth-order valence-corrected chi connectivity index (χ4v) is 5.01. The molecule has 0 saturated heterocycles. The molecular formula is C30H23FN6O. The molecule has 186 valence electrons. The van der Waals surface area contributed by atoms with E-state index in [4.69, 9.17) is 0 Å². The number of amides is 1. The third kappa shape index (κ3) is 3.91. The standard InChI is InChI=1S/C30H23FN6O/c31-21-9-7-17(8-10-21)23-5-2-6-26-24(23)13-27(35-26)28-25-12-20(15-33-29(25)37-36-28)19-11-22(16-32-14-19)34-30(38)18-3-1-4-18/h2,5-16,18,35H,1,3-4H2,(H,34,38)(H,33,36,37). The molecule has 1 saturated carbocycles. The van der Waals surface area contributed by atoms with Crippen molar-refractivity contribution in [3.8, 4) is 33.6 Å². The number of aromatic amines is 2. The third-order valence-electron chi connectivity index (χ3n) is 7.31. The largest absolute Gasteiger partial charge is 0.353 e. The van der Waals surface area contributed by atoms with Crippen LogP contribution >= 0.6 is 0 Å². The lowest BCUT2D eigenvalue weighted by Gasteiger charge is -2.24. The Balaban J connectivity index is 1.26. The lowest BCUT2D eigenvalue weighted by molar-refractivity contribution is -0.122. The highest BCUT2D eigenvalue weighted by molar-refractivity contribution is 6.01. The molecule has 7 nitrogen and oxygen atoms in total. The molecule has 0 radical (unpaired) electrons. The summed E-state index contributed by atoms with van der Waals surface area (Å²) in [5.41, 5.74) is 7.58. The first-order valence-corrected chi connectivity index (χ1v) is 12.6. The number of halogens is 1. The van der Waals surface area contributed by atoms with E-state index in [-0.39, 0.29) is 17.6 Å². The van der Waals surface area contributed by atoms with Gasteiger partial charge in [-0.2, -0.15) is 5.10 Å². The smallest absolute Gasteiger partial charge is 0.227 e. The van der Waals surface area contributed by atoms with Gasteiger partial charge in [-0.1, -0.05) is 30.7 Å². The van der Waals surface area contributed by atoms with Crippen molar-refractivity contribution in [2.45, 2.75) is 19.3 Å². The third-order valence-corrected chi connectivity index (χ3v) is 7.31. The molecule has 0 aliphatic heterocycles. The molecule has 0 bridgehead atoms. The minimum Gasteiger partial charge on any atom is -0.353 e. The molecule has 0 atom stereocenters. The summed E-state index contributed by atoms with van der Waals surface area (Å²) in [5.74, 6) is -0.103. The summed E-state index contributed by atoms with van der Waals surface area (Å²) in [5, 5.41) is 12.5. The van der Waals surface area contributed by atoms with Gasteiger partial charge >= 0.3 is 0 Å². The number of carbonyl (C=O) groups is 1. The van der Waals surface area contributed by atoms with Crippen molar-refractivity contribution in [3.63, 3.8) is 0 Å². The Morgan fingerprint density at radius 2 is 1.76 bits per heavy atom. The number of benzene rings is 2. The molecule has 1 aliphatic carbocycles. The zero-order chi connectivity index (χ0) is 25.6. The summed E-state index contributed by atoms with van der Waals surface area (Å²) in [6.07, 6.45) is 8.21. The quantitative estimate of drug-likeness (QED) is 0.244. The van der Waals surface area contributed by atoms with Gasteiger partial charge in [0.2, 0.25) is 5.91 Å². The van der Waals surface area contributed by atoms with Crippen molar-refractivity contribution in [1.29, 1.82) is 0 Å². The van der Waals surface area contributed by atoms with E-state index in [1.807, 2.05) is 30.3 Å². The first-order valence-electron chi connectivity index (χ1n) is 12.6. The Hall–Kier alpha value is -4.85. The molecule has 0 unspecified atom stereocenters. The molecule has 1 amide bonds. The van der Waals surface area contributed by atoms with Gasteiger partial charge in [0.15, 0.2) is 5.65 Å². The van der Waals surface area contributed by atoms with Crippen molar-refractivity contribution in [2.24, 2.45) is 5.92 Å². The summed E-state index contributed by atoms with van der Waals surface area (Å²) in [6, 6.07) is 18.5. The highest BCUT2D eigenvalue weighted by atomic mass is 19.1. The van der Waals surface area contributed by atoms with Gasteiger partial charge in [-0.05, 0) is 60.4 Å². The van der Waals surface area contributed by atoms with Crippen LogP contribution in [-0.2, 0) is 4.79 Å². The van der Waals surface area contributed by atoms with Gasteiger partial charge in [-0.25, -0.2) is 9.37 Å². The van der Waals surface area contributed by atoms with Crippen LogP contribution < -0.4 is 5.32 Å². The number of anilines is 1. The lowest BCUT2D eigenvalue weighted by Crippen LogP contribution is -2.28. The summed E-state index contributed by atoms with van der Waals surface area (Å²) in [7, 11) is 0. The highest BCUT2D eigenvalue weighted by Crippen LogP contribution is 2.35. The maximum absolute atomic E-state index is 13.5. The minimum atomic E-state index is -0.261. The van der Waals surface area contributed by atoms with Gasteiger partial charge in [0, 0.05) is 45.7 Å². The topological polar surface area (TPSA) is 99.3 Å². The Morgan fingerprint density at radius 1 is 0.921 bits per heavy atom. The van der Waals surface area contributed by atoms with Gasteiger partial charge in [-0.15, -0.1) is 0 Å². The van der Waals surface area contributed by atoms with Gasteiger partial charge in [0.1, 0.15) is 11.5 Å². The van der Waals surface area contributed by atoms with Crippen molar-refractivity contribution < 1.29 is 9.18 Å². The Kier molecular flexibility index (Phi) is 5.25. The Labute approximate surface area is 217 Å². The molecule has 1 fully saturated rings. The average molecular weight is 503 g/mol. The van der Waals surface area contributed by atoms with Crippen LogP contribution in [0, 0.1) is 11.7 Å². The van der Waals surface area contributed by atoms with Crippen LogP contribution in [0.3, 0.4) is 0 Å². The fraction of sp³-hybridized carbons (Fsp3) is 0.133. The second-order valence-electron chi connectivity index (χ2n) is 9.73. The number of nitrogens with zero attached hydrogens (tertiary/aromatic N) is 3. The molecule has 4 heterocycles. The van der Waals surface area contributed by atoms with E-state index < -0.39 is 0 Å². The normalized spacial score (nSPS) is 13.6. The molecule has 6 aromatic rings. The van der Waals surface area contributed by atoms with Crippen molar-refractivity contribution in [3.05, 3.63) is 85.1 Å². The molecular weight excluding hydrogens is 479 g/mol. The van der Waals surface area contributed by atoms with Gasteiger partial charge < -0.3 is 10.3 Å². The summed E-state index contributed by atoms with van der Waals surface area (Å²) in [6.45, 7) is 0. The molecule has 7 rings (SSSR count). The van der Waals surface area contributed by atoms with E-state index in [9.17, 15) is 9.18 Å². The Morgan fingerprint density at radius 3 is 2.58 bits per heavy atom. The van der Waals surface area contributed by atoms with Crippen molar-refractivity contribution in [1.82, 2.24) is 25.1 Å². The van der Waals surface area contributed by atoms with Crippen molar-refractivity contribution >= 4 is 33.5 Å². The van der Waals surface area contributed by atoms with E-state index in [0.29, 0.717) is 11.3 Å². The molecule has 0 spiro atoms. The molecule has 3 N–H and O–H groups in total. The number of fused-ring (bicyclic) bond motifs is 2. The number of pyridine rings is 2. The summed E-state index contributed by atoms with van der Waals surface area (Å²) >= 11 is 0. The van der Waals surface area contributed by atoms with Gasteiger partial charge in [-0.3, -0.25) is 14.9 Å². The molecule has 38 heavy (non-hydrogen) atoms. The van der Waals surface area contributed by atoms with Crippen LogP contribution in [-0.4, -0.2) is 31.1 Å². The first-order chi connectivity index (χ1) is 18.6. The summed E-state index contributed by atoms with van der Waals surface area (Å²) in [4.78, 5) is 24.8. The maximum atomic E-state index is 13.5. The predicted molar refractivity (Wildman–Crippen MR) is 146 cm³/mol. The second kappa shape index (κ2) is 8.92. The number of hydrogen-bond acceptors (Lipinski definition) is 4. The van der Waals surface area contributed by atoms with E-state index in [1.165, 1.54) is 12.1 Å². The number of rotatable bonds is 5. The number of carbonyl (C=O) groups excluding carboxylic acids is 1. The monoisotopic (exact) mass is 502 g/mol. The lowest BCUT2D eigenvalue weighted by atomic mass is 9.85. The van der Waals surface area contributed by atoms with Crippen LogP contribution in [0.4, 0.5) is 10.1 Å². The average Bonchev–Trinajstić information content (AvgIpc) is 3.52. The minimum absolute atomic E-state index is 0.0553. The number of H-pyrrole nitrogens is 2. The van der Waals surface area contributed by atoms with Gasteiger partial charge in [0.05, 0.1) is 17.6 Å². The highest BCUT2D eigenvalue weighted by Gasteiger charge is 2.25. The van der Waals surface area contributed by atoms with Crippen LogP contribution in [0.15, 0.2) is 79.3 Å². The predicted octanol–water partition coefficient (Wildman–Crippen LogP) is 6.71. The van der Waals surface area contributed by atoms with E-state index in [0.717, 1.165) is 69.2 Å². The number of hydrogen-bond donors (Lipinski definition) is 3. The van der Waals surface area contributed by atoms with Crippen molar-refractivity contribution in [2.75, 3.05) is 5.32 Å². The molecule has 1 aliphatic rings. The second-order valence-corrected chi connectivity index (χ2v) is 9.73. The number of nitrogens with one attached hydrogen (secondary N) is 3. The van der Waals surface area contributed by atoms with Crippen LogP contribution in [0.2, 0.25) is 0 Å². The Bertz CT molecular complexity index is 1820. The fourth-order valence-electron chi connectivity index (χ4n) is 5.01. The number of aromatic nitrogens is 5. The van der Waals surface area contributed by atoms with Gasteiger partial charge in [0.25, 0.3) is 0 Å². The molecule has 4 aromatic heterocycles. The summed E-state index contributed by atoms with van der Waals surface area (Å²) < 4.78 is 13.5. The molecule has 8 heteroatoms. The van der Waals surface area contributed by atoms with Crippen LogP contribution in [0.5, 0.6) is 0 Å². The van der Waals surface area contributed by atoms with Crippen LogP contribution in [0.25, 0.3) is 55.6 Å². The first kappa shape index (κ1) is 22.4. The van der Waals surface area contributed by atoms with E-state index in [1.54, 1.807) is 30.7 Å².